The highest BCUT2D eigenvalue weighted by Gasteiger charge is 2.37. The molecule has 1 aliphatic heterocycles. The number of nitrogens with one attached hydrogen (secondary N) is 2. The van der Waals surface area contributed by atoms with Crippen LogP contribution in [0.1, 0.15) is 40.5 Å². The van der Waals surface area contributed by atoms with Crippen molar-refractivity contribution < 1.29 is 0 Å². The van der Waals surface area contributed by atoms with E-state index in [9.17, 15) is 0 Å². The average molecular weight is 387 g/mol. The van der Waals surface area contributed by atoms with Gasteiger partial charge in [-0.25, -0.2) is 9.97 Å². The van der Waals surface area contributed by atoms with E-state index in [0.717, 1.165) is 30.0 Å². The quantitative estimate of drug-likeness (QED) is 0.619. The Morgan fingerprint density at radius 3 is 2.21 bits per heavy atom. The third-order valence-electron chi connectivity index (χ3n) is 5.43. The molecule has 0 radical (unpaired) electrons. The van der Waals surface area contributed by atoms with Crippen molar-refractivity contribution in [3.05, 3.63) is 66.9 Å². The van der Waals surface area contributed by atoms with Gasteiger partial charge in [-0.15, -0.1) is 0 Å². The minimum atomic E-state index is 0.0965. The van der Waals surface area contributed by atoms with Gasteiger partial charge in [0.25, 0.3) is 0 Å². The molecule has 2 N–H and O–H groups in total. The van der Waals surface area contributed by atoms with Crippen LogP contribution in [0.5, 0.6) is 0 Å². The van der Waals surface area contributed by atoms with E-state index in [4.69, 9.17) is 4.98 Å². The second-order valence-electron chi connectivity index (χ2n) is 9.35. The van der Waals surface area contributed by atoms with Crippen molar-refractivity contribution >= 4 is 5.82 Å². The van der Waals surface area contributed by atoms with Gasteiger partial charge >= 0.3 is 0 Å². The van der Waals surface area contributed by atoms with E-state index < -0.39 is 0 Å². The van der Waals surface area contributed by atoms with Crippen LogP contribution in [0.4, 0.5) is 5.82 Å². The number of benzene rings is 2. The Bertz CT molecular complexity index is 963. The fraction of sp³-hybridized carbons (Fsp3) is 0.360. The molecule has 150 valence electrons. The first-order valence-electron chi connectivity index (χ1n) is 10.3. The van der Waals surface area contributed by atoms with Crippen molar-refractivity contribution in [2.45, 2.75) is 57.7 Å². The molecule has 2 aromatic carbocycles. The molecular weight excluding hydrogens is 356 g/mol. The van der Waals surface area contributed by atoms with Crippen LogP contribution < -0.4 is 10.6 Å². The van der Waals surface area contributed by atoms with Crippen LogP contribution in [0.15, 0.2) is 66.9 Å². The lowest BCUT2D eigenvalue weighted by Gasteiger charge is -2.46. The molecule has 0 spiro atoms. The fourth-order valence-corrected chi connectivity index (χ4v) is 4.68. The predicted molar refractivity (Wildman–Crippen MR) is 121 cm³/mol. The smallest absolute Gasteiger partial charge is 0.161 e. The Hall–Kier alpha value is -2.72. The predicted octanol–water partition coefficient (Wildman–Crippen LogP) is 5.53. The number of nitrogens with zero attached hydrogens (tertiary/aromatic N) is 2. The standard InChI is InChI=1S/C25H30N4/c1-24(2)16-21(17-25(3,4)29-24)27-22-13-14-26-23(28-22)20-12-8-11-19(15-20)18-9-6-5-7-10-18/h5-15,21,29H,16-17H2,1-4H3,(H,26,27,28). The summed E-state index contributed by atoms with van der Waals surface area (Å²) in [6.07, 6.45) is 3.95. The van der Waals surface area contributed by atoms with Crippen LogP contribution in [-0.4, -0.2) is 27.1 Å². The van der Waals surface area contributed by atoms with E-state index in [1.807, 2.05) is 18.3 Å². The number of rotatable bonds is 4. The summed E-state index contributed by atoms with van der Waals surface area (Å²) in [6, 6.07) is 21.2. The highest BCUT2D eigenvalue weighted by Crippen LogP contribution is 2.30. The van der Waals surface area contributed by atoms with Crippen molar-refractivity contribution in [1.82, 2.24) is 15.3 Å². The molecule has 1 aliphatic rings. The second-order valence-corrected chi connectivity index (χ2v) is 9.35. The summed E-state index contributed by atoms with van der Waals surface area (Å²) in [5.41, 5.74) is 3.59. The van der Waals surface area contributed by atoms with Crippen molar-refractivity contribution in [2.75, 3.05) is 5.32 Å². The van der Waals surface area contributed by atoms with E-state index in [2.05, 4.69) is 91.8 Å². The van der Waals surface area contributed by atoms with Gasteiger partial charge in [0.15, 0.2) is 5.82 Å². The van der Waals surface area contributed by atoms with Gasteiger partial charge in [-0.1, -0.05) is 48.5 Å². The lowest BCUT2D eigenvalue weighted by atomic mass is 9.79. The van der Waals surface area contributed by atoms with Gasteiger partial charge in [0.05, 0.1) is 0 Å². The number of anilines is 1. The summed E-state index contributed by atoms with van der Waals surface area (Å²) < 4.78 is 0. The molecule has 0 atom stereocenters. The molecule has 1 saturated heterocycles. The molecule has 0 unspecified atom stereocenters. The minimum Gasteiger partial charge on any atom is -0.367 e. The third-order valence-corrected chi connectivity index (χ3v) is 5.43. The molecule has 29 heavy (non-hydrogen) atoms. The number of hydrogen-bond donors (Lipinski definition) is 2. The molecule has 4 heteroatoms. The number of aromatic nitrogens is 2. The minimum absolute atomic E-state index is 0.0965. The van der Waals surface area contributed by atoms with Gasteiger partial charge in [0.1, 0.15) is 5.82 Å². The van der Waals surface area contributed by atoms with Gasteiger partial charge in [0.2, 0.25) is 0 Å². The SMILES string of the molecule is CC1(C)CC(Nc2ccnc(-c3cccc(-c4ccccc4)c3)n2)CC(C)(C)N1. The first-order valence-corrected chi connectivity index (χ1v) is 10.3. The van der Waals surface area contributed by atoms with Gasteiger partial charge < -0.3 is 10.6 Å². The normalized spacial score (nSPS) is 18.3. The summed E-state index contributed by atoms with van der Waals surface area (Å²) in [5.74, 6) is 1.64. The van der Waals surface area contributed by atoms with Crippen molar-refractivity contribution in [1.29, 1.82) is 0 Å². The van der Waals surface area contributed by atoms with Crippen LogP contribution in [-0.2, 0) is 0 Å². The van der Waals surface area contributed by atoms with Gasteiger partial charge in [-0.3, -0.25) is 0 Å². The van der Waals surface area contributed by atoms with E-state index >= 15 is 0 Å². The molecule has 0 bridgehead atoms. The Labute approximate surface area is 173 Å². The maximum Gasteiger partial charge on any atom is 0.161 e. The molecule has 2 heterocycles. The summed E-state index contributed by atoms with van der Waals surface area (Å²) in [6.45, 7) is 9.07. The van der Waals surface area contributed by atoms with E-state index in [1.54, 1.807) is 0 Å². The van der Waals surface area contributed by atoms with Gasteiger partial charge in [0, 0.05) is 28.9 Å². The van der Waals surface area contributed by atoms with Gasteiger partial charge in [-0.2, -0.15) is 0 Å². The highest BCUT2D eigenvalue weighted by atomic mass is 15.1. The highest BCUT2D eigenvalue weighted by molar-refractivity contribution is 5.70. The zero-order valence-corrected chi connectivity index (χ0v) is 17.7. The number of hydrogen-bond acceptors (Lipinski definition) is 4. The van der Waals surface area contributed by atoms with Crippen LogP contribution in [0.3, 0.4) is 0 Å². The Morgan fingerprint density at radius 2 is 1.48 bits per heavy atom. The van der Waals surface area contributed by atoms with Crippen LogP contribution in [0.25, 0.3) is 22.5 Å². The lowest BCUT2D eigenvalue weighted by molar-refractivity contribution is 0.170. The van der Waals surface area contributed by atoms with E-state index in [0.29, 0.717) is 6.04 Å². The fourth-order valence-electron chi connectivity index (χ4n) is 4.68. The first kappa shape index (κ1) is 19.6. The Morgan fingerprint density at radius 1 is 0.828 bits per heavy atom. The Kier molecular flexibility index (Phi) is 5.13. The largest absolute Gasteiger partial charge is 0.367 e. The second kappa shape index (κ2) is 7.60. The Balaban J connectivity index is 1.57. The monoisotopic (exact) mass is 386 g/mol. The van der Waals surface area contributed by atoms with Crippen LogP contribution in [0.2, 0.25) is 0 Å². The van der Waals surface area contributed by atoms with Crippen molar-refractivity contribution in [3.8, 4) is 22.5 Å². The molecule has 4 nitrogen and oxygen atoms in total. The van der Waals surface area contributed by atoms with Crippen LogP contribution >= 0.6 is 0 Å². The topological polar surface area (TPSA) is 49.8 Å². The molecule has 1 fully saturated rings. The third kappa shape index (κ3) is 4.83. The molecule has 0 aliphatic carbocycles. The van der Waals surface area contributed by atoms with Crippen LogP contribution in [0, 0.1) is 0 Å². The summed E-state index contributed by atoms with van der Waals surface area (Å²) >= 11 is 0. The van der Waals surface area contributed by atoms with Crippen molar-refractivity contribution in [2.24, 2.45) is 0 Å². The van der Waals surface area contributed by atoms with Gasteiger partial charge in [-0.05, 0) is 63.8 Å². The molecule has 1 aromatic heterocycles. The zero-order valence-electron chi connectivity index (χ0n) is 17.7. The summed E-state index contributed by atoms with van der Waals surface area (Å²) in [7, 11) is 0. The maximum absolute atomic E-state index is 4.82. The van der Waals surface area contributed by atoms with E-state index in [-0.39, 0.29) is 11.1 Å². The number of piperidine rings is 1. The molecule has 3 aromatic rings. The molecule has 4 rings (SSSR count). The molecule has 0 saturated carbocycles. The molecular formula is C25H30N4. The maximum atomic E-state index is 4.82. The van der Waals surface area contributed by atoms with Crippen molar-refractivity contribution in [3.63, 3.8) is 0 Å². The molecule has 0 amide bonds. The average Bonchev–Trinajstić information content (AvgIpc) is 2.66. The summed E-state index contributed by atoms with van der Waals surface area (Å²) in [5, 5.41) is 7.39. The first-order chi connectivity index (χ1) is 13.8. The summed E-state index contributed by atoms with van der Waals surface area (Å²) in [4.78, 5) is 9.36. The van der Waals surface area contributed by atoms with E-state index in [1.165, 1.54) is 11.1 Å². The lowest BCUT2D eigenvalue weighted by Crippen LogP contribution is -2.60. The zero-order chi connectivity index (χ0) is 20.5.